The van der Waals surface area contributed by atoms with Gasteiger partial charge in [0.15, 0.2) is 0 Å². The Labute approximate surface area is 126 Å². The Kier molecular flexibility index (Phi) is 5.07. The van der Waals surface area contributed by atoms with E-state index in [1.165, 1.54) is 0 Å². The number of benzene rings is 1. The van der Waals surface area contributed by atoms with Crippen LogP contribution in [0.3, 0.4) is 0 Å². The number of hydrogen-bond donors (Lipinski definition) is 1. The van der Waals surface area contributed by atoms with Crippen molar-refractivity contribution in [1.82, 2.24) is 4.90 Å². The number of likely N-dealkylation sites (tertiary alicyclic amines) is 1. The highest BCUT2D eigenvalue weighted by Gasteiger charge is 2.42. The van der Waals surface area contributed by atoms with E-state index in [4.69, 9.17) is 9.47 Å². The first kappa shape index (κ1) is 15.6. The van der Waals surface area contributed by atoms with E-state index >= 15 is 0 Å². The van der Waals surface area contributed by atoms with Crippen LogP contribution in [0.25, 0.3) is 0 Å². The summed E-state index contributed by atoms with van der Waals surface area (Å²) >= 11 is 0. The maximum absolute atomic E-state index is 12.5. The Morgan fingerprint density at radius 2 is 2.29 bits per heavy atom. The Hall–Kier alpha value is -1.75. The highest BCUT2D eigenvalue weighted by atomic mass is 16.5. The molecule has 1 fully saturated rings. The first-order chi connectivity index (χ1) is 10.1. The molecule has 0 aliphatic carbocycles. The number of nitrogens with zero attached hydrogens (tertiary/aromatic N) is 1. The molecule has 5 heteroatoms. The van der Waals surface area contributed by atoms with Gasteiger partial charge in [-0.25, -0.2) is 4.79 Å². The molecule has 2 rings (SSSR count). The van der Waals surface area contributed by atoms with Crippen molar-refractivity contribution in [1.29, 1.82) is 0 Å². The van der Waals surface area contributed by atoms with Crippen LogP contribution >= 0.6 is 0 Å². The summed E-state index contributed by atoms with van der Waals surface area (Å²) < 4.78 is 10.5. The zero-order valence-electron chi connectivity index (χ0n) is 13.0. The number of piperidine rings is 1. The minimum Gasteiger partial charge on any atom is -0.497 e. The van der Waals surface area contributed by atoms with Gasteiger partial charge in [-0.3, -0.25) is 0 Å². The van der Waals surface area contributed by atoms with Crippen LogP contribution in [0, 0.1) is 0 Å². The normalized spacial score (nSPS) is 22.6. The van der Waals surface area contributed by atoms with Gasteiger partial charge < -0.3 is 19.7 Å². The Morgan fingerprint density at radius 1 is 1.48 bits per heavy atom. The minimum absolute atomic E-state index is 0.181. The van der Waals surface area contributed by atoms with Crippen LogP contribution in [0.1, 0.15) is 19.8 Å². The molecule has 21 heavy (non-hydrogen) atoms. The second-order valence-corrected chi connectivity index (χ2v) is 5.50. The topological polar surface area (TPSA) is 50.8 Å². The third-order valence-electron chi connectivity index (χ3n) is 3.80. The lowest BCUT2D eigenvalue weighted by atomic mass is 9.88. The van der Waals surface area contributed by atoms with Crippen LogP contribution in [0.4, 0.5) is 5.69 Å². The van der Waals surface area contributed by atoms with Gasteiger partial charge in [-0.15, -0.1) is 0 Å². The highest BCUT2D eigenvalue weighted by molar-refractivity contribution is 5.85. The number of esters is 1. The van der Waals surface area contributed by atoms with Gasteiger partial charge in [0.05, 0.1) is 13.7 Å². The largest absolute Gasteiger partial charge is 0.497 e. The van der Waals surface area contributed by atoms with Crippen LogP contribution in [0.2, 0.25) is 0 Å². The molecule has 1 N–H and O–H groups in total. The van der Waals surface area contributed by atoms with Gasteiger partial charge >= 0.3 is 5.97 Å². The number of anilines is 1. The second-order valence-electron chi connectivity index (χ2n) is 5.50. The summed E-state index contributed by atoms with van der Waals surface area (Å²) in [5.41, 5.74) is 0.188. The van der Waals surface area contributed by atoms with Crippen LogP contribution in [-0.4, -0.2) is 50.3 Å². The molecule has 1 aromatic rings. The van der Waals surface area contributed by atoms with Gasteiger partial charge in [-0.05, 0) is 45.5 Å². The molecule has 0 aromatic heterocycles. The standard InChI is InChI=1S/C16H24N2O3/c1-4-21-15(19)16(9-6-10-18(2)12-16)17-13-7-5-8-14(11-13)20-3/h5,7-8,11,17H,4,6,9-10,12H2,1-3H3. The molecule has 1 unspecified atom stereocenters. The molecular formula is C16H24N2O3. The van der Waals surface area contributed by atoms with E-state index in [9.17, 15) is 4.79 Å². The smallest absolute Gasteiger partial charge is 0.333 e. The number of ether oxygens (including phenoxy) is 2. The lowest BCUT2D eigenvalue weighted by Gasteiger charge is -2.40. The minimum atomic E-state index is -0.685. The van der Waals surface area contributed by atoms with Gasteiger partial charge in [0.25, 0.3) is 0 Å². The average molecular weight is 292 g/mol. The van der Waals surface area contributed by atoms with E-state index in [1.807, 2.05) is 38.2 Å². The van der Waals surface area contributed by atoms with Crippen molar-refractivity contribution in [2.24, 2.45) is 0 Å². The van der Waals surface area contributed by atoms with E-state index in [0.29, 0.717) is 13.2 Å². The quantitative estimate of drug-likeness (QED) is 0.843. The fourth-order valence-electron chi connectivity index (χ4n) is 2.84. The first-order valence-electron chi connectivity index (χ1n) is 7.37. The fourth-order valence-corrected chi connectivity index (χ4v) is 2.84. The summed E-state index contributed by atoms with van der Waals surface area (Å²) in [5.74, 6) is 0.586. The molecule has 0 saturated carbocycles. The molecule has 1 aliphatic heterocycles. The Morgan fingerprint density at radius 3 is 2.95 bits per heavy atom. The number of hydrogen-bond acceptors (Lipinski definition) is 5. The van der Waals surface area contributed by atoms with Gasteiger partial charge in [-0.2, -0.15) is 0 Å². The van der Waals surface area contributed by atoms with Crippen LogP contribution in [0.5, 0.6) is 5.75 Å². The summed E-state index contributed by atoms with van der Waals surface area (Å²) in [7, 11) is 3.66. The molecular weight excluding hydrogens is 268 g/mol. The van der Waals surface area contributed by atoms with E-state index in [2.05, 4.69) is 10.2 Å². The number of carbonyl (C=O) groups excluding carboxylic acids is 1. The Balaban J connectivity index is 2.24. The van der Waals surface area contributed by atoms with Gasteiger partial charge in [0, 0.05) is 18.3 Å². The van der Waals surface area contributed by atoms with Crippen LogP contribution < -0.4 is 10.1 Å². The number of methoxy groups -OCH3 is 1. The summed E-state index contributed by atoms with van der Waals surface area (Å²) in [6.45, 7) is 3.87. The van der Waals surface area contributed by atoms with Crippen molar-refractivity contribution in [3.63, 3.8) is 0 Å². The average Bonchev–Trinajstić information content (AvgIpc) is 2.47. The molecule has 0 spiro atoms. The SMILES string of the molecule is CCOC(=O)C1(Nc2cccc(OC)c2)CCCN(C)C1. The molecule has 5 nitrogen and oxygen atoms in total. The number of carbonyl (C=O) groups is 1. The van der Waals surface area contributed by atoms with Gasteiger partial charge in [0.1, 0.15) is 11.3 Å². The third-order valence-corrected chi connectivity index (χ3v) is 3.80. The number of likely N-dealkylation sites (N-methyl/N-ethyl adjacent to an activating group) is 1. The molecule has 1 aromatic carbocycles. The van der Waals surface area contributed by atoms with Crippen molar-refractivity contribution in [2.75, 3.05) is 39.2 Å². The maximum atomic E-state index is 12.5. The molecule has 1 heterocycles. The van der Waals surface area contributed by atoms with E-state index in [-0.39, 0.29) is 5.97 Å². The molecule has 0 amide bonds. The van der Waals surface area contributed by atoms with Crippen molar-refractivity contribution in [3.05, 3.63) is 24.3 Å². The van der Waals surface area contributed by atoms with E-state index < -0.39 is 5.54 Å². The van der Waals surface area contributed by atoms with Crippen molar-refractivity contribution in [2.45, 2.75) is 25.3 Å². The summed E-state index contributed by atoms with van der Waals surface area (Å²) in [6.07, 6.45) is 1.74. The fraction of sp³-hybridized carbons (Fsp3) is 0.562. The van der Waals surface area contributed by atoms with Crippen LogP contribution in [-0.2, 0) is 9.53 Å². The summed E-state index contributed by atoms with van der Waals surface area (Å²) in [6, 6.07) is 7.63. The molecule has 1 saturated heterocycles. The second kappa shape index (κ2) is 6.80. The predicted octanol–water partition coefficient (Wildman–Crippen LogP) is 2.13. The summed E-state index contributed by atoms with van der Waals surface area (Å²) in [4.78, 5) is 14.6. The van der Waals surface area contributed by atoms with Gasteiger partial charge in [-0.1, -0.05) is 6.07 Å². The van der Waals surface area contributed by atoms with Crippen LogP contribution in [0.15, 0.2) is 24.3 Å². The van der Waals surface area contributed by atoms with Gasteiger partial charge in [0.2, 0.25) is 0 Å². The highest BCUT2D eigenvalue weighted by Crippen LogP contribution is 2.28. The maximum Gasteiger partial charge on any atom is 0.333 e. The molecule has 0 bridgehead atoms. The van der Waals surface area contributed by atoms with Crippen molar-refractivity contribution >= 4 is 11.7 Å². The van der Waals surface area contributed by atoms with E-state index in [0.717, 1.165) is 30.8 Å². The zero-order valence-corrected chi connectivity index (χ0v) is 13.0. The molecule has 1 atom stereocenters. The number of nitrogens with one attached hydrogen (secondary N) is 1. The zero-order chi connectivity index (χ0) is 15.3. The first-order valence-corrected chi connectivity index (χ1v) is 7.37. The molecule has 0 radical (unpaired) electrons. The molecule has 116 valence electrons. The monoisotopic (exact) mass is 292 g/mol. The number of rotatable bonds is 5. The Bertz CT molecular complexity index is 492. The van der Waals surface area contributed by atoms with Crippen molar-refractivity contribution < 1.29 is 14.3 Å². The lowest BCUT2D eigenvalue weighted by Crippen LogP contribution is -2.57. The third kappa shape index (κ3) is 3.67. The summed E-state index contributed by atoms with van der Waals surface area (Å²) in [5, 5.41) is 3.39. The predicted molar refractivity (Wildman–Crippen MR) is 82.7 cm³/mol. The molecule has 1 aliphatic rings. The van der Waals surface area contributed by atoms with E-state index in [1.54, 1.807) is 7.11 Å². The van der Waals surface area contributed by atoms with Crippen molar-refractivity contribution in [3.8, 4) is 5.75 Å². The lowest BCUT2D eigenvalue weighted by molar-refractivity contribution is -0.150.